The van der Waals surface area contributed by atoms with Crippen LogP contribution in [0.1, 0.15) is 5.56 Å². The first-order chi connectivity index (χ1) is 16.9. The molecular formula is C25H18Cl2N2O4S2. The number of halogens is 2. The van der Waals surface area contributed by atoms with E-state index in [9.17, 15) is 9.59 Å². The van der Waals surface area contributed by atoms with Gasteiger partial charge in [0, 0.05) is 0 Å². The Morgan fingerprint density at radius 3 is 2.54 bits per heavy atom. The predicted octanol–water partition coefficient (Wildman–Crippen LogP) is 6.43. The zero-order chi connectivity index (χ0) is 24.9. The van der Waals surface area contributed by atoms with E-state index >= 15 is 0 Å². The zero-order valence-corrected chi connectivity index (χ0v) is 21.4. The van der Waals surface area contributed by atoms with Gasteiger partial charge in [0.25, 0.3) is 11.8 Å². The lowest BCUT2D eigenvalue weighted by molar-refractivity contribution is -0.118. The second kappa shape index (κ2) is 11.1. The number of benzene rings is 3. The van der Waals surface area contributed by atoms with Crippen molar-refractivity contribution in [2.45, 2.75) is 0 Å². The van der Waals surface area contributed by atoms with Crippen LogP contribution in [-0.2, 0) is 9.59 Å². The summed E-state index contributed by atoms with van der Waals surface area (Å²) in [6, 6.07) is 19.1. The van der Waals surface area contributed by atoms with Crippen molar-refractivity contribution < 1.29 is 19.1 Å². The van der Waals surface area contributed by atoms with Crippen LogP contribution in [0, 0.1) is 0 Å². The van der Waals surface area contributed by atoms with Gasteiger partial charge in [-0.2, -0.15) is 0 Å². The molecule has 35 heavy (non-hydrogen) atoms. The molecule has 0 spiro atoms. The quantitative estimate of drug-likeness (QED) is 0.273. The summed E-state index contributed by atoms with van der Waals surface area (Å²) in [4.78, 5) is 27.1. The number of carbonyl (C=O) groups excluding carboxylic acids is 2. The Balaban J connectivity index is 1.38. The number of para-hydroxylation sites is 2. The molecular weight excluding hydrogens is 527 g/mol. The minimum Gasteiger partial charge on any atom is -0.495 e. The van der Waals surface area contributed by atoms with Crippen LogP contribution >= 0.6 is 47.2 Å². The molecule has 1 heterocycles. The molecule has 0 unspecified atom stereocenters. The Morgan fingerprint density at radius 2 is 1.83 bits per heavy atom. The first kappa shape index (κ1) is 25.1. The van der Waals surface area contributed by atoms with Crippen LogP contribution in [0.5, 0.6) is 11.5 Å². The number of thiocarbonyl (C=S) groups is 1. The molecule has 3 aromatic rings. The van der Waals surface area contributed by atoms with E-state index in [1.54, 1.807) is 66.7 Å². The monoisotopic (exact) mass is 544 g/mol. The van der Waals surface area contributed by atoms with Crippen molar-refractivity contribution in [1.29, 1.82) is 0 Å². The van der Waals surface area contributed by atoms with Gasteiger partial charge in [-0.05, 0) is 54.1 Å². The van der Waals surface area contributed by atoms with E-state index in [1.807, 2.05) is 6.07 Å². The van der Waals surface area contributed by atoms with Crippen molar-refractivity contribution >= 4 is 80.8 Å². The van der Waals surface area contributed by atoms with E-state index in [1.165, 1.54) is 23.8 Å². The second-order valence-corrected chi connectivity index (χ2v) is 9.71. The lowest BCUT2D eigenvalue weighted by Gasteiger charge is -2.15. The summed E-state index contributed by atoms with van der Waals surface area (Å²) in [5.74, 6) is 0.520. The van der Waals surface area contributed by atoms with Gasteiger partial charge in [0.2, 0.25) is 0 Å². The van der Waals surface area contributed by atoms with Gasteiger partial charge in [-0.1, -0.05) is 71.4 Å². The van der Waals surface area contributed by atoms with Crippen molar-refractivity contribution in [1.82, 2.24) is 0 Å². The van der Waals surface area contributed by atoms with E-state index < -0.39 is 0 Å². The van der Waals surface area contributed by atoms with Crippen LogP contribution in [0.25, 0.3) is 6.08 Å². The molecule has 1 aliphatic heterocycles. The topological polar surface area (TPSA) is 67.9 Å². The Bertz CT molecular complexity index is 1330. The number of thioether (sulfide) groups is 1. The Kier molecular flexibility index (Phi) is 7.97. The summed E-state index contributed by atoms with van der Waals surface area (Å²) in [6.07, 6.45) is 1.75. The molecule has 3 aromatic carbocycles. The van der Waals surface area contributed by atoms with E-state index in [2.05, 4.69) is 5.32 Å². The number of nitrogens with zero attached hydrogens (tertiary/aromatic N) is 1. The van der Waals surface area contributed by atoms with E-state index in [0.717, 1.165) is 5.56 Å². The molecule has 6 nitrogen and oxygen atoms in total. The number of methoxy groups -OCH3 is 1. The molecule has 2 amide bonds. The lowest BCUT2D eigenvalue weighted by Crippen LogP contribution is -2.27. The molecule has 0 bridgehead atoms. The van der Waals surface area contributed by atoms with Gasteiger partial charge in [-0.3, -0.25) is 14.5 Å². The summed E-state index contributed by atoms with van der Waals surface area (Å²) in [7, 11) is 1.54. The first-order valence-corrected chi connectivity index (χ1v) is 12.2. The highest BCUT2D eigenvalue weighted by molar-refractivity contribution is 8.27. The van der Waals surface area contributed by atoms with Crippen LogP contribution in [0.15, 0.2) is 71.6 Å². The molecule has 178 valence electrons. The van der Waals surface area contributed by atoms with Crippen LogP contribution in [0.2, 0.25) is 10.0 Å². The molecule has 4 rings (SSSR count). The zero-order valence-electron chi connectivity index (χ0n) is 18.3. The molecule has 1 aliphatic rings. The SMILES string of the molecule is COc1ccccc1NC(=O)COc1ccc(/C=C2/SC(=S)N(c3ccc(Cl)c(Cl)c3)C2=O)cc1. The third kappa shape index (κ3) is 5.97. The minimum absolute atomic E-state index is 0.167. The highest BCUT2D eigenvalue weighted by Crippen LogP contribution is 2.38. The van der Waals surface area contributed by atoms with Gasteiger partial charge in [0.1, 0.15) is 11.5 Å². The fourth-order valence-corrected chi connectivity index (χ4v) is 4.80. The summed E-state index contributed by atoms with van der Waals surface area (Å²) in [5, 5.41) is 3.49. The van der Waals surface area contributed by atoms with E-state index in [-0.39, 0.29) is 18.4 Å². The van der Waals surface area contributed by atoms with Crippen molar-refractivity contribution in [2.24, 2.45) is 0 Å². The van der Waals surface area contributed by atoms with Crippen LogP contribution in [-0.4, -0.2) is 29.9 Å². The van der Waals surface area contributed by atoms with Gasteiger partial charge in [0.05, 0.1) is 33.4 Å². The fraction of sp³-hybridized carbons (Fsp3) is 0.0800. The van der Waals surface area contributed by atoms with Crippen molar-refractivity contribution in [2.75, 3.05) is 23.9 Å². The van der Waals surface area contributed by atoms with Gasteiger partial charge < -0.3 is 14.8 Å². The standard InChI is InChI=1S/C25H18Cl2N2O4S2/c1-32-21-5-3-2-4-20(21)28-23(30)14-33-17-9-6-15(7-10-17)12-22-24(31)29(25(34)35-22)16-8-11-18(26)19(27)13-16/h2-13H,14H2,1H3,(H,28,30)/b22-12+. The molecule has 10 heteroatoms. The maximum atomic E-state index is 13.0. The Morgan fingerprint density at radius 1 is 1.09 bits per heavy atom. The normalized spacial score (nSPS) is 14.4. The highest BCUT2D eigenvalue weighted by atomic mass is 35.5. The number of hydrogen-bond donors (Lipinski definition) is 1. The number of anilines is 2. The Hall–Kier alpha value is -3.04. The number of rotatable bonds is 7. The van der Waals surface area contributed by atoms with Crippen LogP contribution in [0.3, 0.4) is 0 Å². The van der Waals surface area contributed by atoms with Gasteiger partial charge in [0.15, 0.2) is 10.9 Å². The number of ether oxygens (including phenoxy) is 2. The number of carbonyl (C=O) groups is 2. The molecule has 1 saturated heterocycles. The lowest BCUT2D eigenvalue weighted by atomic mass is 10.2. The summed E-state index contributed by atoms with van der Waals surface area (Å²) >= 11 is 18.7. The molecule has 0 aliphatic carbocycles. The van der Waals surface area contributed by atoms with Crippen molar-refractivity contribution in [3.8, 4) is 11.5 Å². The van der Waals surface area contributed by atoms with Crippen LogP contribution < -0.4 is 19.7 Å². The Labute approximate surface area is 221 Å². The van der Waals surface area contributed by atoms with Crippen molar-refractivity contribution in [3.05, 3.63) is 87.2 Å². The molecule has 0 atom stereocenters. The third-order valence-corrected chi connectivity index (χ3v) is 6.93. The maximum absolute atomic E-state index is 13.0. The second-order valence-electron chi connectivity index (χ2n) is 7.22. The molecule has 0 aromatic heterocycles. The van der Waals surface area contributed by atoms with Gasteiger partial charge in [-0.25, -0.2) is 0 Å². The van der Waals surface area contributed by atoms with Crippen molar-refractivity contribution in [3.63, 3.8) is 0 Å². The average molecular weight is 545 g/mol. The molecule has 0 saturated carbocycles. The summed E-state index contributed by atoms with van der Waals surface area (Å²) < 4.78 is 11.2. The fourth-order valence-electron chi connectivity index (χ4n) is 3.21. The highest BCUT2D eigenvalue weighted by Gasteiger charge is 2.33. The average Bonchev–Trinajstić information content (AvgIpc) is 3.13. The first-order valence-electron chi connectivity index (χ1n) is 10.2. The van der Waals surface area contributed by atoms with E-state index in [0.29, 0.717) is 42.1 Å². The largest absolute Gasteiger partial charge is 0.495 e. The summed E-state index contributed by atoms with van der Waals surface area (Å²) in [6.45, 7) is -0.167. The van der Waals surface area contributed by atoms with Crippen LogP contribution in [0.4, 0.5) is 11.4 Å². The molecule has 1 fully saturated rings. The third-order valence-electron chi connectivity index (χ3n) is 4.88. The maximum Gasteiger partial charge on any atom is 0.270 e. The summed E-state index contributed by atoms with van der Waals surface area (Å²) in [5.41, 5.74) is 1.91. The predicted molar refractivity (Wildman–Crippen MR) is 146 cm³/mol. The van der Waals surface area contributed by atoms with E-state index in [4.69, 9.17) is 44.9 Å². The number of amides is 2. The number of nitrogens with one attached hydrogen (secondary N) is 1. The number of hydrogen-bond acceptors (Lipinski definition) is 6. The smallest absolute Gasteiger partial charge is 0.270 e. The molecule has 1 N–H and O–H groups in total. The van der Waals surface area contributed by atoms with Gasteiger partial charge in [-0.15, -0.1) is 0 Å². The molecule has 0 radical (unpaired) electrons. The van der Waals surface area contributed by atoms with Gasteiger partial charge >= 0.3 is 0 Å². The minimum atomic E-state index is -0.315.